The molecule has 1 aliphatic rings. The molecule has 3 rings (SSSR count). The lowest BCUT2D eigenvalue weighted by atomic mass is 10.0. The lowest BCUT2D eigenvalue weighted by Gasteiger charge is -2.33. The molecule has 1 fully saturated rings. The summed E-state index contributed by atoms with van der Waals surface area (Å²) in [5.74, 6) is 0.0459. The van der Waals surface area contributed by atoms with E-state index in [-0.39, 0.29) is 11.9 Å². The van der Waals surface area contributed by atoms with E-state index >= 15 is 0 Å². The number of nitrogens with zero attached hydrogens (tertiary/aromatic N) is 1. The first-order valence-electron chi connectivity index (χ1n) is 8.44. The number of amides is 1. The molecule has 1 N–H and O–H groups in total. The van der Waals surface area contributed by atoms with Gasteiger partial charge in [0.2, 0.25) is 5.91 Å². The Morgan fingerprint density at radius 3 is 2.42 bits per heavy atom. The highest BCUT2D eigenvalue weighted by atomic mass is 16.5. The van der Waals surface area contributed by atoms with Crippen LogP contribution in [0.2, 0.25) is 0 Å². The first kappa shape index (κ1) is 16.7. The Morgan fingerprint density at radius 2 is 1.75 bits per heavy atom. The smallest absolute Gasteiger partial charge is 0.242 e. The molecule has 1 saturated heterocycles. The number of carbonyl (C=O) groups is 1. The van der Waals surface area contributed by atoms with Crippen LogP contribution in [-0.4, -0.2) is 37.1 Å². The molecule has 1 aliphatic heterocycles. The number of carbonyl (C=O) groups excluding carboxylic acids is 1. The zero-order valence-corrected chi connectivity index (χ0v) is 14.1. The maximum atomic E-state index is 12.9. The van der Waals surface area contributed by atoms with Gasteiger partial charge in [-0.05, 0) is 18.1 Å². The van der Waals surface area contributed by atoms with Gasteiger partial charge < -0.3 is 10.1 Å². The van der Waals surface area contributed by atoms with Crippen LogP contribution in [0.1, 0.15) is 22.7 Å². The van der Waals surface area contributed by atoms with Crippen LogP contribution in [-0.2, 0) is 16.1 Å². The topological polar surface area (TPSA) is 41.6 Å². The number of aryl methyl sites for hydroxylation is 1. The maximum Gasteiger partial charge on any atom is 0.242 e. The van der Waals surface area contributed by atoms with Gasteiger partial charge in [0.05, 0.1) is 13.2 Å². The molecule has 2 aromatic rings. The third-order valence-electron chi connectivity index (χ3n) is 4.36. The summed E-state index contributed by atoms with van der Waals surface area (Å²) in [6.45, 7) is 5.51. The van der Waals surface area contributed by atoms with E-state index in [0.717, 1.165) is 24.2 Å². The van der Waals surface area contributed by atoms with Crippen LogP contribution in [0, 0.1) is 6.92 Å². The summed E-state index contributed by atoms with van der Waals surface area (Å²) < 4.78 is 5.44. The monoisotopic (exact) mass is 324 g/mol. The summed E-state index contributed by atoms with van der Waals surface area (Å²) >= 11 is 0. The van der Waals surface area contributed by atoms with E-state index in [1.807, 2.05) is 30.3 Å². The number of hydrogen-bond donors (Lipinski definition) is 1. The summed E-state index contributed by atoms with van der Waals surface area (Å²) in [7, 11) is 0. The number of nitrogens with one attached hydrogen (secondary N) is 1. The van der Waals surface area contributed by atoms with Crippen LogP contribution in [0.5, 0.6) is 0 Å². The van der Waals surface area contributed by atoms with Crippen molar-refractivity contribution in [1.29, 1.82) is 0 Å². The third-order valence-corrected chi connectivity index (χ3v) is 4.36. The SMILES string of the molecule is Cc1ccc(C(C(=O)NCc2ccccc2)N2CCOCC2)cc1. The molecule has 4 nitrogen and oxygen atoms in total. The molecule has 1 atom stereocenters. The summed E-state index contributed by atoms with van der Waals surface area (Å²) in [6.07, 6.45) is 0. The van der Waals surface area contributed by atoms with Crippen molar-refractivity contribution >= 4 is 5.91 Å². The van der Waals surface area contributed by atoms with Crippen molar-refractivity contribution in [1.82, 2.24) is 10.2 Å². The van der Waals surface area contributed by atoms with E-state index in [0.29, 0.717) is 19.8 Å². The van der Waals surface area contributed by atoms with E-state index < -0.39 is 0 Å². The molecule has 1 unspecified atom stereocenters. The molecule has 0 bridgehead atoms. The second-order valence-corrected chi connectivity index (χ2v) is 6.16. The Hall–Kier alpha value is -2.17. The van der Waals surface area contributed by atoms with E-state index in [4.69, 9.17) is 4.74 Å². The average molecular weight is 324 g/mol. The Bertz CT molecular complexity index is 649. The Morgan fingerprint density at radius 1 is 1.08 bits per heavy atom. The van der Waals surface area contributed by atoms with E-state index in [1.54, 1.807) is 0 Å². The predicted octanol–water partition coefficient (Wildman–Crippen LogP) is 2.68. The minimum Gasteiger partial charge on any atom is -0.379 e. The molecule has 1 amide bonds. The predicted molar refractivity (Wildman–Crippen MR) is 94.6 cm³/mol. The summed E-state index contributed by atoms with van der Waals surface area (Å²) in [5.41, 5.74) is 3.34. The summed E-state index contributed by atoms with van der Waals surface area (Å²) in [4.78, 5) is 15.1. The number of hydrogen-bond acceptors (Lipinski definition) is 3. The molecule has 0 spiro atoms. The molecule has 0 saturated carbocycles. The van der Waals surface area contributed by atoms with Gasteiger partial charge in [-0.25, -0.2) is 0 Å². The van der Waals surface area contributed by atoms with Crippen molar-refractivity contribution < 1.29 is 9.53 Å². The third kappa shape index (κ3) is 4.22. The molecule has 0 aromatic heterocycles. The van der Waals surface area contributed by atoms with Crippen LogP contribution < -0.4 is 5.32 Å². The first-order valence-corrected chi connectivity index (χ1v) is 8.44. The van der Waals surface area contributed by atoms with Gasteiger partial charge in [0.15, 0.2) is 0 Å². The molecular formula is C20H24N2O2. The Kier molecular flexibility index (Phi) is 5.62. The Labute approximate surface area is 143 Å². The van der Waals surface area contributed by atoms with Gasteiger partial charge in [0.25, 0.3) is 0 Å². The fraction of sp³-hybridized carbons (Fsp3) is 0.350. The molecule has 0 aliphatic carbocycles. The van der Waals surface area contributed by atoms with Gasteiger partial charge in [-0.3, -0.25) is 9.69 Å². The fourth-order valence-electron chi connectivity index (χ4n) is 2.99. The second kappa shape index (κ2) is 8.08. The lowest BCUT2D eigenvalue weighted by Crippen LogP contribution is -2.45. The largest absolute Gasteiger partial charge is 0.379 e. The molecule has 24 heavy (non-hydrogen) atoms. The van der Waals surface area contributed by atoms with Crippen molar-refractivity contribution in [3.63, 3.8) is 0 Å². The number of ether oxygens (including phenoxy) is 1. The number of morpholine rings is 1. The molecule has 4 heteroatoms. The zero-order chi connectivity index (χ0) is 16.8. The highest BCUT2D eigenvalue weighted by Gasteiger charge is 2.28. The highest BCUT2D eigenvalue weighted by Crippen LogP contribution is 2.23. The van der Waals surface area contributed by atoms with Gasteiger partial charge in [-0.2, -0.15) is 0 Å². The second-order valence-electron chi connectivity index (χ2n) is 6.16. The van der Waals surface area contributed by atoms with Gasteiger partial charge in [0, 0.05) is 19.6 Å². The number of benzene rings is 2. The van der Waals surface area contributed by atoms with Crippen molar-refractivity contribution in [2.75, 3.05) is 26.3 Å². The molecule has 0 radical (unpaired) electrons. The maximum absolute atomic E-state index is 12.9. The average Bonchev–Trinajstić information content (AvgIpc) is 2.64. The van der Waals surface area contributed by atoms with Crippen molar-refractivity contribution in [3.8, 4) is 0 Å². The molecular weight excluding hydrogens is 300 g/mol. The summed E-state index contributed by atoms with van der Waals surface area (Å²) in [5, 5.41) is 3.09. The summed E-state index contributed by atoms with van der Waals surface area (Å²) in [6, 6.07) is 18.0. The first-order chi connectivity index (χ1) is 11.7. The molecule has 1 heterocycles. The molecule has 126 valence electrons. The van der Waals surface area contributed by atoms with Crippen molar-refractivity contribution in [3.05, 3.63) is 71.3 Å². The number of rotatable bonds is 5. The van der Waals surface area contributed by atoms with E-state index in [2.05, 4.69) is 41.4 Å². The van der Waals surface area contributed by atoms with E-state index in [1.165, 1.54) is 5.56 Å². The van der Waals surface area contributed by atoms with Gasteiger partial charge in [0.1, 0.15) is 6.04 Å². The van der Waals surface area contributed by atoms with Crippen LogP contribution >= 0.6 is 0 Å². The normalized spacial score (nSPS) is 16.5. The lowest BCUT2D eigenvalue weighted by molar-refractivity contribution is -0.128. The van der Waals surface area contributed by atoms with Gasteiger partial charge in [-0.1, -0.05) is 60.2 Å². The van der Waals surface area contributed by atoms with Crippen molar-refractivity contribution in [2.45, 2.75) is 19.5 Å². The standard InChI is InChI=1S/C20H24N2O2/c1-16-7-9-18(10-8-16)19(22-11-13-24-14-12-22)20(23)21-15-17-5-3-2-4-6-17/h2-10,19H,11-15H2,1H3,(H,21,23). The highest BCUT2D eigenvalue weighted by molar-refractivity contribution is 5.83. The minimum absolute atomic E-state index is 0.0459. The fourth-order valence-corrected chi connectivity index (χ4v) is 2.99. The van der Waals surface area contributed by atoms with E-state index in [9.17, 15) is 4.79 Å². The van der Waals surface area contributed by atoms with Crippen LogP contribution in [0.3, 0.4) is 0 Å². The van der Waals surface area contributed by atoms with Crippen LogP contribution in [0.25, 0.3) is 0 Å². The van der Waals surface area contributed by atoms with Gasteiger partial charge >= 0.3 is 0 Å². The quantitative estimate of drug-likeness (QED) is 0.919. The van der Waals surface area contributed by atoms with Crippen LogP contribution in [0.15, 0.2) is 54.6 Å². The Balaban J connectivity index is 1.75. The zero-order valence-electron chi connectivity index (χ0n) is 14.1. The van der Waals surface area contributed by atoms with Crippen LogP contribution in [0.4, 0.5) is 0 Å². The van der Waals surface area contributed by atoms with Gasteiger partial charge in [-0.15, -0.1) is 0 Å². The minimum atomic E-state index is -0.266. The molecule has 2 aromatic carbocycles. The van der Waals surface area contributed by atoms with Crippen molar-refractivity contribution in [2.24, 2.45) is 0 Å².